The molecule has 7 nitrogen and oxygen atoms in total. The SMILES string of the molecule is O=C(O)CC(O)(CC(=O)OC1CCCCC1)C(=O)O. The van der Waals surface area contributed by atoms with Crippen molar-refractivity contribution in [3.8, 4) is 0 Å². The molecule has 0 aliphatic heterocycles. The Morgan fingerprint density at radius 1 is 1.05 bits per heavy atom. The second-order valence-electron chi connectivity index (χ2n) is 4.83. The van der Waals surface area contributed by atoms with Crippen molar-refractivity contribution in [1.29, 1.82) is 0 Å². The highest BCUT2D eigenvalue weighted by molar-refractivity contribution is 5.88. The minimum absolute atomic E-state index is 0.260. The third kappa shape index (κ3) is 4.86. The summed E-state index contributed by atoms with van der Waals surface area (Å²) in [5.41, 5.74) is -2.61. The lowest BCUT2D eigenvalue weighted by Gasteiger charge is -2.25. The molecule has 0 aromatic rings. The summed E-state index contributed by atoms with van der Waals surface area (Å²) in [6, 6.07) is 0. The van der Waals surface area contributed by atoms with Gasteiger partial charge < -0.3 is 20.1 Å². The first kappa shape index (κ1) is 15.4. The van der Waals surface area contributed by atoms with Crippen molar-refractivity contribution in [2.45, 2.75) is 56.7 Å². The molecule has 0 aromatic heterocycles. The normalized spacial score (nSPS) is 19.4. The Kier molecular flexibility index (Phi) is 5.29. The minimum atomic E-state index is -2.61. The molecule has 19 heavy (non-hydrogen) atoms. The van der Waals surface area contributed by atoms with Crippen LogP contribution in [0.4, 0.5) is 0 Å². The zero-order valence-corrected chi connectivity index (χ0v) is 10.5. The Balaban J connectivity index is 2.55. The molecule has 1 unspecified atom stereocenters. The van der Waals surface area contributed by atoms with Crippen molar-refractivity contribution in [1.82, 2.24) is 0 Å². The highest BCUT2D eigenvalue weighted by Gasteiger charge is 2.41. The lowest BCUT2D eigenvalue weighted by atomic mass is 9.95. The molecule has 1 rings (SSSR count). The number of esters is 1. The van der Waals surface area contributed by atoms with E-state index < -0.39 is 36.4 Å². The summed E-state index contributed by atoms with van der Waals surface area (Å²) in [5, 5.41) is 27.0. The topological polar surface area (TPSA) is 121 Å². The number of aliphatic carboxylic acids is 2. The number of hydrogen-bond donors (Lipinski definition) is 3. The monoisotopic (exact) mass is 274 g/mol. The maximum absolute atomic E-state index is 11.6. The lowest BCUT2D eigenvalue weighted by molar-refractivity contribution is -0.174. The van der Waals surface area contributed by atoms with Gasteiger partial charge in [0.2, 0.25) is 0 Å². The van der Waals surface area contributed by atoms with Crippen LogP contribution in [0.15, 0.2) is 0 Å². The standard InChI is InChI=1S/C12H18O7/c13-9(14)6-12(18,11(16)17)7-10(15)19-8-4-2-1-3-5-8/h8,18H,1-7H2,(H,13,14)(H,16,17). The first-order valence-corrected chi connectivity index (χ1v) is 6.20. The molecular formula is C12H18O7. The quantitative estimate of drug-likeness (QED) is 0.604. The molecule has 0 amide bonds. The van der Waals surface area contributed by atoms with E-state index in [1.165, 1.54) is 0 Å². The molecule has 108 valence electrons. The molecule has 0 spiro atoms. The number of carboxylic acid groups (broad SMARTS) is 2. The Hall–Kier alpha value is -1.63. The van der Waals surface area contributed by atoms with Gasteiger partial charge in [-0.15, -0.1) is 0 Å². The van der Waals surface area contributed by atoms with E-state index in [0.717, 1.165) is 32.1 Å². The van der Waals surface area contributed by atoms with E-state index in [1.54, 1.807) is 0 Å². The molecule has 3 N–H and O–H groups in total. The van der Waals surface area contributed by atoms with Crippen molar-refractivity contribution in [3.05, 3.63) is 0 Å². The molecule has 1 fully saturated rings. The van der Waals surface area contributed by atoms with E-state index >= 15 is 0 Å². The number of carboxylic acids is 2. The van der Waals surface area contributed by atoms with Crippen LogP contribution in [0.1, 0.15) is 44.9 Å². The van der Waals surface area contributed by atoms with Gasteiger partial charge in [-0.25, -0.2) is 4.79 Å². The van der Waals surface area contributed by atoms with Gasteiger partial charge in [-0.3, -0.25) is 9.59 Å². The Morgan fingerprint density at radius 3 is 2.11 bits per heavy atom. The molecule has 0 radical (unpaired) electrons. The summed E-state index contributed by atoms with van der Waals surface area (Å²) in [4.78, 5) is 33.0. The Bertz CT molecular complexity index is 359. The molecule has 0 bridgehead atoms. The van der Waals surface area contributed by atoms with Gasteiger partial charge in [0, 0.05) is 0 Å². The predicted molar refractivity (Wildman–Crippen MR) is 62.4 cm³/mol. The summed E-state index contributed by atoms with van der Waals surface area (Å²) in [7, 11) is 0. The van der Waals surface area contributed by atoms with Crippen LogP contribution >= 0.6 is 0 Å². The molecule has 0 heterocycles. The van der Waals surface area contributed by atoms with Crippen molar-refractivity contribution in [2.75, 3.05) is 0 Å². The Morgan fingerprint density at radius 2 is 1.63 bits per heavy atom. The zero-order chi connectivity index (χ0) is 14.5. The van der Waals surface area contributed by atoms with Gasteiger partial charge in [0.25, 0.3) is 0 Å². The maximum atomic E-state index is 11.6. The molecular weight excluding hydrogens is 256 g/mol. The number of ether oxygens (including phenoxy) is 1. The van der Waals surface area contributed by atoms with Crippen LogP contribution in [0.2, 0.25) is 0 Å². The van der Waals surface area contributed by atoms with Gasteiger partial charge in [0.1, 0.15) is 6.10 Å². The lowest BCUT2D eigenvalue weighted by Crippen LogP contribution is -2.43. The van der Waals surface area contributed by atoms with Crippen molar-refractivity contribution in [2.24, 2.45) is 0 Å². The van der Waals surface area contributed by atoms with Gasteiger partial charge in [-0.1, -0.05) is 6.42 Å². The van der Waals surface area contributed by atoms with E-state index in [2.05, 4.69) is 0 Å². The van der Waals surface area contributed by atoms with Gasteiger partial charge in [-0.05, 0) is 25.7 Å². The fourth-order valence-electron chi connectivity index (χ4n) is 2.11. The van der Waals surface area contributed by atoms with Gasteiger partial charge in [0.15, 0.2) is 5.60 Å². The molecule has 0 saturated heterocycles. The smallest absolute Gasteiger partial charge is 0.336 e. The van der Waals surface area contributed by atoms with Crippen LogP contribution < -0.4 is 0 Å². The fourth-order valence-corrected chi connectivity index (χ4v) is 2.11. The molecule has 1 saturated carbocycles. The van der Waals surface area contributed by atoms with Crippen LogP contribution in [0, 0.1) is 0 Å². The number of hydrogen-bond acceptors (Lipinski definition) is 5. The second-order valence-corrected chi connectivity index (χ2v) is 4.83. The summed E-state index contributed by atoms with van der Waals surface area (Å²) < 4.78 is 5.06. The Labute approximate surface area is 110 Å². The van der Waals surface area contributed by atoms with Crippen LogP contribution in [0.5, 0.6) is 0 Å². The number of rotatable bonds is 6. The fraction of sp³-hybridized carbons (Fsp3) is 0.750. The summed E-state index contributed by atoms with van der Waals surface area (Å²) >= 11 is 0. The second kappa shape index (κ2) is 6.51. The highest BCUT2D eigenvalue weighted by Crippen LogP contribution is 2.23. The first-order chi connectivity index (χ1) is 8.83. The number of carbonyl (C=O) groups excluding carboxylic acids is 1. The zero-order valence-electron chi connectivity index (χ0n) is 10.5. The predicted octanol–water partition coefficient (Wildman–Crippen LogP) is 0.543. The molecule has 0 aromatic carbocycles. The first-order valence-electron chi connectivity index (χ1n) is 6.20. The molecule has 1 aliphatic carbocycles. The van der Waals surface area contributed by atoms with E-state index in [9.17, 15) is 19.5 Å². The minimum Gasteiger partial charge on any atom is -0.481 e. The third-order valence-electron chi connectivity index (χ3n) is 3.13. The van der Waals surface area contributed by atoms with Crippen LogP contribution in [0.25, 0.3) is 0 Å². The van der Waals surface area contributed by atoms with Gasteiger partial charge >= 0.3 is 17.9 Å². The third-order valence-corrected chi connectivity index (χ3v) is 3.13. The summed E-state index contributed by atoms with van der Waals surface area (Å²) in [6.45, 7) is 0. The molecule has 7 heteroatoms. The van der Waals surface area contributed by atoms with E-state index in [1.807, 2.05) is 0 Å². The van der Waals surface area contributed by atoms with Gasteiger partial charge in [-0.2, -0.15) is 0 Å². The van der Waals surface area contributed by atoms with E-state index in [4.69, 9.17) is 14.9 Å². The highest BCUT2D eigenvalue weighted by atomic mass is 16.5. The summed E-state index contributed by atoms with van der Waals surface area (Å²) in [6.07, 6.45) is 2.24. The van der Waals surface area contributed by atoms with E-state index in [0.29, 0.717) is 0 Å². The van der Waals surface area contributed by atoms with Crippen molar-refractivity contribution < 1.29 is 34.4 Å². The number of aliphatic hydroxyl groups is 1. The van der Waals surface area contributed by atoms with E-state index in [-0.39, 0.29) is 6.10 Å². The maximum Gasteiger partial charge on any atom is 0.336 e. The largest absolute Gasteiger partial charge is 0.481 e. The molecule has 1 aliphatic rings. The van der Waals surface area contributed by atoms with Gasteiger partial charge in [0.05, 0.1) is 12.8 Å². The van der Waals surface area contributed by atoms with Crippen molar-refractivity contribution >= 4 is 17.9 Å². The summed E-state index contributed by atoms with van der Waals surface area (Å²) in [5.74, 6) is -4.11. The van der Waals surface area contributed by atoms with Crippen LogP contribution in [-0.2, 0) is 19.1 Å². The van der Waals surface area contributed by atoms with Crippen LogP contribution in [-0.4, -0.2) is 44.9 Å². The molecule has 1 atom stereocenters. The van der Waals surface area contributed by atoms with Crippen LogP contribution in [0.3, 0.4) is 0 Å². The average molecular weight is 274 g/mol. The average Bonchev–Trinajstić information content (AvgIpc) is 2.28. The van der Waals surface area contributed by atoms with Crippen molar-refractivity contribution in [3.63, 3.8) is 0 Å². The number of carbonyl (C=O) groups is 3.